The fourth-order valence-electron chi connectivity index (χ4n) is 4.85. The van der Waals surface area contributed by atoms with E-state index in [9.17, 15) is 0 Å². The van der Waals surface area contributed by atoms with Gasteiger partial charge in [0.15, 0.2) is 11.5 Å². The van der Waals surface area contributed by atoms with Gasteiger partial charge in [0.1, 0.15) is 18.1 Å². The molecule has 0 radical (unpaired) electrons. The number of oxime groups is 1. The molecule has 0 N–H and O–H groups in total. The molecule has 5 rings (SSSR count). The van der Waals surface area contributed by atoms with Crippen molar-refractivity contribution in [3.05, 3.63) is 65.6 Å². The lowest BCUT2D eigenvalue weighted by Crippen LogP contribution is -2.19. The van der Waals surface area contributed by atoms with Crippen LogP contribution in [0, 0.1) is 12.3 Å². The second-order valence-corrected chi connectivity index (χ2v) is 9.47. The first-order chi connectivity index (χ1) is 19.0. The van der Waals surface area contributed by atoms with Crippen molar-refractivity contribution in [3.63, 3.8) is 0 Å². The van der Waals surface area contributed by atoms with Crippen molar-refractivity contribution in [3.8, 4) is 40.8 Å². The number of halogens is 1. The number of ether oxygens (including phenoxy) is 3. The predicted molar refractivity (Wildman–Crippen MR) is 159 cm³/mol. The Labute approximate surface area is 240 Å². The Bertz CT molecular complexity index is 1550. The first kappa shape index (κ1) is 28.9. The number of rotatable bonds is 11. The molecular formula is C31H34ClN3O5. The highest BCUT2D eigenvalue weighted by molar-refractivity contribution is 6.30. The molecule has 0 spiro atoms. The number of aromatic nitrogens is 1. The zero-order valence-electron chi connectivity index (χ0n) is 23.4. The van der Waals surface area contributed by atoms with Crippen LogP contribution in [0.25, 0.3) is 22.2 Å². The van der Waals surface area contributed by atoms with E-state index in [0.29, 0.717) is 37.0 Å². The van der Waals surface area contributed by atoms with Gasteiger partial charge in [0.25, 0.3) is 0 Å². The number of furan rings is 1. The Hall–Kier alpha value is -4.06. The molecule has 210 valence electrons. The Morgan fingerprint density at radius 1 is 1.02 bits per heavy atom. The monoisotopic (exact) mass is 563 g/mol. The molecule has 1 aliphatic rings. The smallest absolute Gasteiger partial charge is 0.215 e. The third kappa shape index (κ3) is 5.35. The van der Waals surface area contributed by atoms with Gasteiger partial charge in [-0.05, 0) is 64.3 Å². The van der Waals surface area contributed by atoms with Gasteiger partial charge >= 0.3 is 0 Å². The summed E-state index contributed by atoms with van der Waals surface area (Å²) >= 11 is 0. The van der Waals surface area contributed by atoms with Crippen molar-refractivity contribution in [2.45, 2.75) is 20.0 Å². The normalized spacial score (nSPS) is 13.5. The van der Waals surface area contributed by atoms with Crippen molar-refractivity contribution in [2.75, 3.05) is 40.5 Å². The van der Waals surface area contributed by atoms with Crippen LogP contribution >= 0.6 is 12.4 Å². The van der Waals surface area contributed by atoms with Gasteiger partial charge < -0.3 is 32.9 Å². The standard InChI is InChI=1S/C31H33N3O5.ClH/c1-7-26(20-12-14-35-19-20)39-32-30-22-17-27(36-8-2)28(37-9-3)18-23(22)31-29(30)24-16-21(38-15-13-33(4)5)10-11-25(24)34(31)6;/h1,10-12,14,16-19,26H,8-9,13,15H2,2-6H3;1H/b32-30-;. The second-order valence-electron chi connectivity index (χ2n) is 9.47. The largest absolute Gasteiger partial charge is 0.492 e. The molecule has 8 nitrogen and oxygen atoms in total. The summed E-state index contributed by atoms with van der Waals surface area (Å²) in [5, 5.41) is 5.67. The highest BCUT2D eigenvalue weighted by Gasteiger charge is 2.34. The van der Waals surface area contributed by atoms with Crippen LogP contribution in [0.3, 0.4) is 0 Å². The molecule has 1 atom stereocenters. The average Bonchev–Trinajstić information content (AvgIpc) is 3.62. The maximum Gasteiger partial charge on any atom is 0.215 e. The summed E-state index contributed by atoms with van der Waals surface area (Å²) in [6, 6.07) is 11.9. The van der Waals surface area contributed by atoms with Gasteiger partial charge in [0.2, 0.25) is 6.10 Å². The zero-order chi connectivity index (χ0) is 27.5. The molecule has 1 unspecified atom stereocenters. The van der Waals surface area contributed by atoms with Gasteiger partial charge in [-0.2, -0.15) is 0 Å². The van der Waals surface area contributed by atoms with E-state index >= 15 is 0 Å². The molecule has 0 saturated carbocycles. The van der Waals surface area contributed by atoms with Crippen LogP contribution in [-0.2, 0) is 11.9 Å². The van der Waals surface area contributed by atoms with Crippen LogP contribution in [0.1, 0.15) is 36.6 Å². The van der Waals surface area contributed by atoms with E-state index in [1.54, 1.807) is 18.6 Å². The minimum Gasteiger partial charge on any atom is -0.492 e. The lowest BCUT2D eigenvalue weighted by molar-refractivity contribution is 0.0996. The number of likely N-dealkylation sites (N-methyl/N-ethyl adjacent to an activating group) is 1. The third-order valence-electron chi connectivity index (χ3n) is 6.66. The van der Waals surface area contributed by atoms with Crippen molar-refractivity contribution >= 4 is 29.0 Å². The SMILES string of the molecule is C#CC(O/N=C1/c2cc(OCC)c(OCC)cc2-c2c1c1cc(OCCN(C)C)ccc1n2C)c1ccoc1.Cl. The summed E-state index contributed by atoms with van der Waals surface area (Å²) in [5.74, 6) is 4.78. The van der Waals surface area contributed by atoms with E-state index in [-0.39, 0.29) is 12.4 Å². The second kappa shape index (κ2) is 12.4. The molecule has 0 saturated heterocycles. The van der Waals surface area contributed by atoms with Gasteiger partial charge in [0, 0.05) is 46.7 Å². The molecule has 9 heteroatoms. The lowest BCUT2D eigenvalue weighted by Gasteiger charge is -2.15. The third-order valence-corrected chi connectivity index (χ3v) is 6.66. The quantitative estimate of drug-likeness (QED) is 0.144. The molecule has 40 heavy (non-hydrogen) atoms. The van der Waals surface area contributed by atoms with Crippen molar-refractivity contribution < 1.29 is 23.5 Å². The van der Waals surface area contributed by atoms with E-state index in [0.717, 1.165) is 51.1 Å². The summed E-state index contributed by atoms with van der Waals surface area (Å²) in [7, 11) is 6.10. The summed E-state index contributed by atoms with van der Waals surface area (Å²) in [6.45, 7) is 6.34. The van der Waals surface area contributed by atoms with E-state index < -0.39 is 6.10 Å². The minimum absolute atomic E-state index is 0. The molecule has 0 aliphatic heterocycles. The molecule has 0 fully saturated rings. The van der Waals surface area contributed by atoms with Gasteiger partial charge in [-0.3, -0.25) is 0 Å². The van der Waals surface area contributed by atoms with Crippen molar-refractivity contribution in [1.82, 2.24) is 9.47 Å². The van der Waals surface area contributed by atoms with Crippen molar-refractivity contribution in [1.29, 1.82) is 0 Å². The maximum atomic E-state index is 6.07. The summed E-state index contributed by atoms with van der Waals surface area (Å²) in [6.07, 6.45) is 8.22. The minimum atomic E-state index is -0.697. The molecular weight excluding hydrogens is 530 g/mol. The maximum absolute atomic E-state index is 6.07. The van der Waals surface area contributed by atoms with Gasteiger partial charge in [0.05, 0.1) is 31.4 Å². The number of benzene rings is 2. The molecule has 4 aromatic rings. The van der Waals surface area contributed by atoms with Gasteiger partial charge in [-0.15, -0.1) is 18.8 Å². The van der Waals surface area contributed by atoms with Gasteiger partial charge in [-0.1, -0.05) is 11.1 Å². The van der Waals surface area contributed by atoms with E-state index in [1.165, 1.54) is 0 Å². The summed E-state index contributed by atoms with van der Waals surface area (Å²) in [5.41, 5.74) is 6.26. The van der Waals surface area contributed by atoms with Crippen LogP contribution in [0.5, 0.6) is 17.2 Å². The predicted octanol–water partition coefficient (Wildman–Crippen LogP) is 6.05. The highest BCUT2D eigenvalue weighted by atomic mass is 35.5. The Balaban J connectivity index is 0.00000370. The number of nitrogens with zero attached hydrogens (tertiary/aromatic N) is 3. The molecule has 0 bridgehead atoms. The molecule has 2 heterocycles. The summed E-state index contributed by atoms with van der Waals surface area (Å²) < 4.78 is 25.4. The Kier molecular flexibility index (Phi) is 8.98. The number of aryl methyl sites for hydroxylation is 1. The average molecular weight is 564 g/mol. The Morgan fingerprint density at radius 3 is 2.38 bits per heavy atom. The van der Waals surface area contributed by atoms with Crippen LogP contribution in [0.15, 0.2) is 58.5 Å². The van der Waals surface area contributed by atoms with E-state index in [1.807, 2.05) is 53.2 Å². The van der Waals surface area contributed by atoms with E-state index in [4.69, 9.17) is 29.9 Å². The molecule has 1 aliphatic carbocycles. The molecule has 0 amide bonds. The molecule has 2 aromatic carbocycles. The van der Waals surface area contributed by atoms with Crippen LogP contribution < -0.4 is 14.2 Å². The van der Waals surface area contributed by atoms with Crippen LogP contribution in [0.2, 0.25) is 0 Å². The lowest BCUT2D eigenvalue weighted by atomic mass is 10.1. The first-order valence-corrected chi connectivity index (χ1v) is 13.0. The number of terminal acetylenes is 1. The fourth-order valence-corrected chi connectivity index (χ4v) is 4.85. The van der Waals surface area contributed by atoms with Crippen LogP contribution in [-0.4, -0.2) is 55.6 Å². The van der Waals surface area contributed by atoms with Gasteiger partial charge in [-0.25, -0.2) is 0 Å². The van der Waals surface area contributed by atoms with E-state index in [2.05, 4.69) is 32.7 Å². The number of hydrogen-bond acceptors (Lipinski definition) is 7. The number of fused-ring (bicyclic) bond motifs is 5. The fraction of sp³-hybridized carbons (Fsp3) is 0.323. The van der Waals surface area contributed by atoms with Crippen LogP contribution in [0.4, 0.5) is 0 Å². The number of hydrogen-bond donors (Lipinski definition) is 0. The van der Waals surface area contributed by atoms with Crippen molar-refractivity contribution in [2.24, 2.45) is 12.2 Å². The zero-order valence-corrected chi connectivity index (χ0v) is 24.2. The first-order valence-electron chi connectivity index (χ1n) is 13.0. The summed E-state index contributed by atoms with van der Waals surface area (Å²) in [4.78, 5) is 8.05. The highest BCUT2D eigenvalue weighted by Crippen LogP contribution is 2.47. The topological polar surface area (TPSA) is 70.6 Å². The Morgan fingerprint density at radius 2 is 1.75 bits per heavy atom. The molecule has 2 aromatic heterocycles.